The second-order valence-corrected chi connectivity index (χ2v) is 9.19. The number of amides is 2. The average Bonchev–Trinajstić information content (AvgIpc) is 3.21. The Morgan fingerprint density at radius 2 is 2.14 bits per heavy atom. The van der Waals surface area contributed by atoms with E-state index in [-0.39, 0.29) is 52.3 Å². The van der Waals surface area contributed by atoms with Gasteiger partial charge in [0.25, 0.3) is 5.91 Å². The largest absolute Gasteiger partial charge is 0.385 e. The number of rotatable bonds is 8. The third kappa shape index (κ3) is 4.84. The first-order chi connectivity index (χ1) is 17.3. The van der Waals surface area contributed by atoms with Crippen LogP contribution in [0.2, 0.25) is 5.02 Å². The Kier molecular flexibility index (Phi) is 7.42. The first kappa shape index (κ1) is 25.4. The molecule has 36 heavy (non-hydrogen) atoms. The van der Waals surface area contributed by atoms with Crippen molar-refractivity contribution in [3.63, 3.8) is 0 Å². The zero-order valence-electron chi connectivity index (χ0n) is 19.4. The van der Waals surface area contributed by atoms with Gasteiger partial charge in [-0.15, -0.1) is 3.89 Å². The fourth-order valence-electron chi connectivity index (χ4n) is 3.86. The third-order valence-corrected chi connectivity index (χ3v) is 6.41. The Morgan fingerprint density at radius 3 is 2.81 bits per heavy atom. The number of nitrogens with one attached hydrogen (secondary N) is 3. The minimum atomic E-state index is -0.861. The summed E-state index contributed by atoms with van der Waals surface area (Å²) in [7, 11) is 0. The molecular formula is C23H22ClFN8O2S. The second-order valence-electron chi connectivity index (χ2n) is 8.22. The Labute approximate surface area is 215 Å². The number of hydrogen-bond acceptors (Lipinski definition) is 8. The van der Waals surface area contributed by atoms with E-state index in [1.807, 2.05) is 6.92 Å². The SMILES string of the molecule is CCNc1cc(Cl)ccc1C(=N)c1cnc2c(n1)c(C(=O)N[C@H](C)C(=O)N1CC(C#N)C1)cn2SF. The van der Waals surface area contributed by atoms with E-state index in [1.165, 1.54) is 17.3 Å². The van der Waals surface area contributed by atoms with Gasteiger partial charge in [-0.3, -0.25) is 15.0 Å². The lowest BCUT2D eigenvalue weighted by Crippen LogP contribution is -2.55. The summed E-state index contributed by atoms with van der Waals surface area (Å²) in [6, 6.07) is 6.27. The van der Waals surface area contributed by atoms with Crippen molar-refractivity contribution in [3.05, 3.63) is 52.4 Å². The molecule has 13 heteroatoms. The molecule has 0 radical (unpaired) electrons. The molecule has 10 nitrogen and oxygen atoms in total. The maximum absolute atomic E-state index is 13.6. The molecule has 0 spiro atoms. The maximum Gasteiger partial charge on any atom is 0.255 e. The van der Waals surface area contributed by atoms with Gasteiger partial charge in [-0.1, -0.05) is 11.6 Å². The van der Waals surface area contributed by atoms with Gasteiger partial charge in [-0.2, -0.15) is 5.26 Å². The molecule has 0 unspecified atom stereocenters. The number of hydrogen-bond donors (Lipinski definition) is 3. The number of carbonyl (C=O) groups excluding carboxylic acids is 2. The van der Waals surface area contributed by atoms with E-state index < -0.39 is 11.9 Å². The van der Waals surface area contributed by atoms with Gasteiger partial charge in [0.15, 0.2) is 18.0 Å². The lowest BCUT2D eigenvalue weighted by molar-refractivity contribution is -0.137. The van der Waals surface area contributed by atoms with Crippen LogP contribution >= 0.6 is 23.9 Å². The van der Waals surface area contributed by atoms with Gasteiger partial charge in [0.2, 0.25) is 5.91 Å². The van der Waals surface area contributed by atoms with Crippen LogP contribution in [0.1, 0.15) is 35.5 Å². The predicted molar refractivity (Wildman–Crippen MR) is 136 cm³/mol. The highest BCUT2D eigenvalue weighted by molar-refractivity contribution is 7.92. The fraction of sp³-hybridized carbons (Fsp3) is 0.304. The summed E-state index contributed by atoms with van der Waals surface area (Å²) in [6.07, 6.45) is 2.59. The number of likely N-dealkylation sites (tertiary alicyclic amines) is 1. The summed E-state index contributed by atoms with van der Waals surface area (Å²) in [5.74, 6) is -1.15. The monoisotopic (exact) mass is 528 g/mol. The van der Waals surface area contributed by atoms with Crippen LogP contribution in [0.5, 0.6) is 0 Å². The van der Waals surface area contributed by atoms with Crippen molar-refractivity contribution in [2.45, 2.75) is 19.9 Å². The van der Waals surface area contributed by atoms with Crippen molar-refractivity contribution in [1.82, 2.24) is 24.2 Å². The summed E-state index contributed by atoms with van der Waals surface area (Å²) in [5, 5.41) is 23.9. The smallest absolute Gasteiger partial charge is 0.255 e. The number of carbonyl (C=O) groups is 2. The van der Waals surface area contributed by atoms with E-state index in [9.17, 15) is 13.5 Å². The number of aromatic nitrogens is 3. The van der Waals surface area contributed by atoms with E-state index in [0.717, 1.165) is 3.97 Å². The number of anilines is 1. The molecule has 0 saturated carbocycles. The van der Waals surface area contributed by atoms with E-state index in [0.29, 0.717) is 35.9 Å². The molecule has 186 valence electrons. The van der Waals surface area contributed by atoms with Gasteiger partial charge in [-0.25, -0.2) is 13.9 Å². The fourth-order valence-corrected chi connectivity index (χ4v) is 4.38. The van der Waals surface area contributed by atoms with Gasteiger partial charge < -0.3 is 15.5 Å². The highest BCUT2D eigenvalue weighted by Crippen LogP contribution is 2.26. The van der Waals surface area contributed by atoms with Crippen molar-refractivity contribution in [1.29, 1.82) is 10.7 Å². The Morgan fingerprint density at radius 1 is 1.39 bits per heavy atom. The molecular weight excluding hydrogens is 507 g/mol. The van der Waals surface area contributed by atoms with Crippen molar-refractivity contribution in [2.24, 2.45) is 5.92 Å². The van der Waals surface area contributed by atoms with Crippen LogP contribution in [0.4, 0.5) is 9.57 Å². The predicted octanol–water partition coefficient (Wildman–Crippen LogP) is 3.41. The summed E-state index contributed by atoms with van der Waals surface area (Å²) in [5.41, 5.74) is 1.59. The minimum absolute atomic E-state index is 0.0125. The van der Waals surface area contributed by atoms with Crippen molar-refractivity contribution in [2.75, 3.05) is 25.0 Å². The molecule has 3 aromatic rings. The molecule has 0 bridgehead atoms. The molecule has 3 N–H and O–H groups in total. The highest BCUT2D eigenvalue weighted by atomic mass is 35.5. The lowest BCUT2D eigenvalue weighted by atomic mass is 10.0. The van der Waals surface area contributed by atoms with Crippen LogP contribution in [-0.2, 0) is 4.79 Å². The third-order valence-electron chi connectivity index (χ3n) is 5.75. The molecule has 1 aliphatic heterocycles. The van der Waals surface area contributed by atoms with E-state index >= 15 is 0 Å². The molecule has 3 heterocycles. The first-order valence-corrected chi connectivity index (χ1v) is 12.1. The number of halogens is 2. The zero-order chi connectivity index (χ0) is 26.0. The average molecular weight is 529 g/mol. The summed E-state index contributed by atoms with van der Waals surface area (Å²) in [4.78, 5) is 35.8. The van der Waals surface area contributed by atoms with E-state index in [2.05, 4.69) is 26.7 Å². The minimum Gasteiger partial charge on any atom is -0.385 e. The van der Waals surface area contributed by atoms with Crippen LogP contribution in [-0.4, -0.2) is 62.0 Å². The number of nitriles is 1. The Hall–Kier alpha value is -3.69. The maximum atomic E-state index is 13.6. The van der Waals surface area contributed by atoms with Crippen LogP contribution in [0.3, 0.4) is 0 Å². The quantitative estimate of drug-likeness (QED) is 0.380. The van der Waals surface area contributed by atoms with Crippen molar-refractivity contribution < 1.29 is 13.5 Å². The zero-order valence-corrected chi connectivity index (χ0v) is 21.0. The highest BCUT2D eigenvalue weighted by Gasteiger charge is 2.34. The first-order valence-electron chi connectivity index (χ1n) is 11.1. The van der Waals surface area contributed by atoms with Gasteiger partial charge in [-0.05, 0) is 32.0 Å². The van der Waals surface area contributed by atoms with Crippen LogP contribution in [0.25, 0.3) is 11.2 Å². The lowest BCUT2D eigenvalue weighted by Gasteiger charge is -2.37. The molecule has 1 aliphatic rings. The van der Waals surface area contributed by atoms with Crippen molar-refractivity contribution >= 4 is 58.3 Å². The summed E-state index contributed by atoms with van der Waals surface area (Å²) in [6.45, 7) is 4.71. The van der Waals surface area contributed by atoms with Crippen LogP contribution in [0, 0.1) is 22.7 Å². The number of nitrogens with zero attached hydrogens (tertiary/aromatic N) is 5. The van der Waals surface area contributed by atoms with Gasteiger partial charge in [0.1, 0.15) is 17.3 Å². The normalized spacial score (nSPS) is 14.1. The summed E-state index contributed by atoms with van der Waals surface area (Å²) < 4.78 is 14.6. The molecule has 1 saturated heterocycles. The molecule has 1 atom stereocenters. The number of benzene rings is 1. The van der Waals surface area contributed by atoms with Crippen molar-refractivity contribution in [3.8, 4) is 6.07 Å². The van der Waals surface area contributed by atoms with Gasteiger partial charge in [0, 0.05) is 42.1 Å². The van der Waals surface area contributed by atoms with Gasteiger partial charge >= 0.3 is 0 Å². The summed E-state index contributed by atoms with van der Waals surface area (Å²) >= 11 is 5.96. The standard InChI is InChI=1S/C23H22ClFN8O2S/c1-3-28-17-6-14(24)4-5-15(17)19(27)18-8-29-21-20(31-18)16(11-33(21)36-25)22(34)30-12(2)23(35)32-9-13(7-26)10-32/h4-6,8,11-13,27-28H,3,9-10H2,1-2H3,(H,30,34)/t12-/m1/s1. The number of fused-ring (bicyclic) bond motifs is 1. The van der Waals surface area contributed by atoms with E-state index in [4.69, 9.17) is 22.3 Å². The molecule has 4 rings (SSSR count). The molecule has 1 aromatic carbocycles. The topological polar surface area (TPSA) is 140 Å². The Balaban J connectivity index is 1.63. The molecule has 2 aromatic heterocycles. The molecule has 2 amide bonds. The van der Waals surface area contributed by atoms with Crippen LogP contribution in [0.15, 0.2) is 30.6 Å². The van der Waals surface area contributed by atoms with Crippen LogP contribution < -0.4 is 10.6 Å². The molecule has 0 aliphatic carbocycles. The second kappa shape index (κ2) is 10.5. The Bertz CT molecular complexity index is 1400. The molecule has 1 fully saturated rings. The van der Waals surface area contributed by atoms with Gasteiger partial charge in [0.05, 0.1) is 29.5 Å². The van der Waals surface area contributed by atoms with E-state index in [1.54, 1.807) is 25.1 Å².